The Morgan fingerprint density at radius 2 is 1.48 bits per heavy atom. The van der Waals surface area contributed by atoms with Crippen molar-refractivity contribution in [2.45, 2.75) is 19.8 Å². The van der Waals surface area contributed by atoms with E-state index in [2.05, 4.69) is 26.0 Å². The van der Waals surface area contributed by atoms with Crippen molar-refractivity contribution in [1.82, 2.24) is 0 Å². The highest BCUT2D eigenvalue weighted by molar-refractivity contribution is 7.86. The van der Waals surface area contributed by atoms with Crippen LogP contribution in [-0.2, 0) is 10.1 Å². The molecule has 2 aromatic carbocycles. The van der Waals surface area contributed by atoms with Gasteiger partial charge in [-0.3, -0.25) is 0 Å². The molecule has 112 valence electrons. The number of hydrogen-bond donors (Lipinski definition) is 0. The van der Waals surface area contributed by atoms with Crippen LogP contribution in [0.2, 0.25) is 0 Å². The first-order valence-electron chi connectivity index (χ1n) is 6.92. The molecule has 0 spiro atoms. The highest BCUT2D eigenvalue weighted by Gasteiger charge is 2.22. The van der Waals surface area contributed by atoms with Gasteiger partial charge < -0.3 is 4.18 Å². The summed E-state index contributed by atoms with van der Waals surface area (Å²) in [5.74, 6) is 0.809. The van der Waals surface area contributed by atoms with Gasteiger partial charge in [-0.25, -0.2) is 0 Å². The molecule has 2 aromatic rings. The largest absolute Gasteiger partial charge is 0.382 e. The smallest absolute Gasteiger partial charge is 0.306 e. The maximum Gasteiger partial charge on any atom is 0.306 e. The van der Waals surface area contributed by atoms with Crippen LogP contribution in [-0.4, -0.2) is 14.7 Å². The predicted molar refractivity (Wildman–Crippen MR) is 85.0 cm³/mol. The van der Waals surface area contributed by atoms with Crippen LogP contribution in [0, 0.1) is 5.92 Å². The summed E-state index contributed by atoms with van der Waals surface area (Å²) in [6, 6.07) is 17.4. The van der Waals surface area contributed by atoms with E-state index in [1.165, 1.54) is 0 Å². The zero-order chi connectivity index (χ0) is 15.5. The average molecular weight is 304 g/mol. The van der Waals surface area contributed by atoms with Crippen LogP contribution >= 0.6 is 0 Å². The summed E-state index contributed by atoms with van der Waals surface area (Å²) >= 11 is 0. The number of benzene rings is 2. The molecule has 0 fully saturated rings. The van der Waals surface area contributed by atoms with E-state index in [-0.39, 0.29) is 5.92 Å². The van der Waals surface area contributed by atoms with Crippen molar-refractivity contribution >= 4 is 10.1 Å². The van der Waals surface area contributed by atoms with E-state index in [0.717, 1.165) is 17.4 Å². The molecule has 1 atom stereocenters. The van der Waals surface area contributed by atoms with Gasteiger partial charge in [0.2, 0.25) is 0 Å². The molecule has 0 radical (unpaired) electrons. The lowest BCUT2D eigenvalue weighted by atomic mass is 9.82. The van der Waals surface area contributed by atoms with E-state index in [1.54, 1.807) is 12.1 Å². The average Bonchev–Trinajstić information content (AvgIpc) is 2.40. The van der Waals surface area contributed by atoms with Gasteiger partial charge in [0, 0.05) is 11.5 Å². The zero-order valence-corrected chi connectivity index (χ0v) is 13.3. The first-order chi connectivity index (χ1) is 9.88. The second-order valence-corrected chi connectivity index (χ2v) is 7.03. The van der Waals surface area contributed by atoms with E-state index in [0.29, 0.717) is 11.7 Å². The summed E-state index contributed by atoms with van der Waals surface area (Å²) in [5, 5.41) is 0. The second kappa shape index (κ2) is 6.31. The molecule has 0 aliphatic rings. The molecule has 0 saturated heterocycles. The van der Waals surface area contributed by atoms with Crippen LogP contribution in [0.1, 0.15) is 30.9 Å². The van der Waals surface area contributed by atoms with Gasteiger partial charge in [-0.1, -0.05) is 62.4 Å². The standard InChI is InChI=1S/C17H20O3S/c1-13(2)17(14-9-5-4-6-10-14)15-11-7-8-12-16(15)20-21(3,18)19/h4-13,17H,1-3H3. The third-order valence-electron chi connectivity index (χ3n) is 3.32. The summed E-state index contributed by atoms with van der Waals surface area (Å²) in [6.45, 7) is 4.24. The minimum atomic E-state index is -3.54. The van der Waals surface area contributed by atoms with E-state index in [1.807, 2.05) is 30.3 Å². The Bertz CT molecular complexity index is 691. The SMILES string of the molecule is CC(C)C(c1ccccc1)c1ccccc1OS(C)(=O)=O. The van der Waals surface area contributed by atoms with Crippen LogP contribution in [0.3, 0.4) is 0 Å². The van der Waals surface area contributed by atoms with E-state index in [9.17, 15) is 8.42 Å². The summed E-state index contributed by atoms with van der Waals surface area (Å²) in [4.78, 5) is 0. The molecule has 0 bridgehead atoms. The van der Waals surface area contributed by atoms with Crippen molar-refractivity contribution in [1.29, 1.82) is 0 Å². The van der Waals surface area contributed by atoms with Crippen molar-refractivity contribution < 1.29 is 12.6 Å². The van der Waals surface area contributed by atoms with Crippen molar-refractivity contribution in [2.75, 3.05) is 6.26 Å². The first-order valence-corrected chi connectivity index (χ1v) is 8.73. The Morgan fingerprint density at radius 3 is 2.05 bits per heavy atom. The zero-order valence-electron chi connectivity index (χ0n) is 12.5. The van der Waals surface area contributed by atoms with Gasteiger partial charge in [0.05, 0.1) is 6.26 Å². The number of hydrogen-bond acceptors (Lipinski definition) is 3. The molecule has 0 saturated carbocycles. The Kier molecular flexibility index (Phi) is 4.68. The summed E-state index contributed by atoms with van der Waals surface area (Å²) in [5.41, 5.74) is 2.04. The van der Waals surface area contributed by atoms with Gasteiger partial charge >= 0.3 is 10.1 Å². The molecule has 21 heavy (non-hydrogen) atoms. The van der Waals surface area contributed by atoms with Crippen molar-refractivity contribution in [3.63, 3.8) is 0 Å². The number of rotatable bonds is 5. The molecule has 0 aliphatic carbocycles. The second-order valence-electron chi connectivity index (χ2n) is 5.46. The lowest BCUT2D eigenvalue weighted by molar-refractivity contribution is 0.478. The van der Waals surface area contributed by atoms with Gasteiger partial charge in [-0.05, 0) is 17.5 Å². The van der Waals surface area contributed by atoms with Crippen molar-refractivity contribution in [3.8, 4) is 5.75 Å². The van der Waals surface area contributed by atoms with Gasteiger partial charge in [0.15, 0.2) is 0 Å². The lowest BCUT2D eigenvalue weighted by Gasteiger charge is -2.24. The van der Waals surface area contributed by atoms with Gasteiger partial charge in [-0.15, -0.1) is 0 Å². The van der Waals surface area contributed by atoms with Crippen LogP contribution in [0.5, 0.6) is 5.75 Å². The molecule has 0 amide bonds. The lowest BCUT2D eigenvalue weighted by Crippen LogP contribution is -2.13. The molecule has 3 nitrogen and oxygen atoms in total. The first kappa shape index (κ1) is 15.6. The van der Waals surface area contributed by atoms with Crippen molar-refractivity contribution in [2.24, 2.45) is 5.92 Å². The predicted octanol–water partition coefficient (Wildman–Crippen LogP) is 3.81. The normalized spacial score (nSPS) is 13.1. The molecule has 0 aliphatic heterocycles. The van der Waals surface area contributed by atoms with Gasteiger partial charge in [0.25, 0.3) is 0 Å². The fraction of sp³-hybridized carbons (Fsp3) is 0.294. The molecular formula is C17H20O3S. The highest BCUT2D eigenvalue weighted by Crippen LogP contribution is 2.37. The Morgan fingerprint density at radius 1 is 0.905 bits per heavy atom. The van der Waals surface area contributed by atoms with Crippen molar-refractivity contribution in [3.05, 3.63) is 65.7 Å². The maximum atomic E-state index is 11.5. The monoisotopic (exact) mass is 304 g/mol. The minimum Gasteiger partial charge on any atom is -0.382 e. The Hall–Kier alpha value is -1.81. The van der Waals surface area contributed by atoms with E-state index >= 15 is 0 Å². The summed E-state index contributed by atoms with van der Waals surface area (Å²) < 4.78 is 28.1. The Labute approximate surface area is 126 Å². The Balaban J connectivity index is 2.52. The van der Waals surface area contributed by atoms with Crippen LogP contribution in [0.25, 0.3) is 0 Å². The molecule has 2 rings (SSSR count). The van der Waals surface area contributed by atoms with Crippen LogP contribution < -0.4 is 4.18 Å². The molecule has 4 heteroatoms. The van der Waals surface area contributed by atoms with E-state index in [4.69, 9.17) is 4.18 Å². The quantitative estimate of drug-likeness (QED) is 0.789. The van der Waals surface area contributed by atoms with Gasteiger partial charge in [0.1, 0.15) is 5.75 Å². The molecule has 0 heterocycles. The summed E-state index contributed by atoms with van der Waals surface area (Å²) in [6.07, 6.45) is 1.07. The topological polar surface area (TPSA) is 43.4 Å². The molecule has 0 N–H and O–H groups in total. The van der Waals surface area contributed by atoms with E-state index < -0.39 is 10.1 Å². The fourth-order valence-corrected chi connectivity index (χ4v) is 3.04. The minimum absolute atomic E-state index is 0.0872. The number of para-hydroxylation sites is 1. The third-order valence-corrected chi connectivity index (χ3v) is 3.80. The van der Waals surface area contributed by atoms with Crippen LogP contribution in [0.4, 0.5) is 0 Å². The highest BCUT2D eigenvalue weighted by atomic mass is 32.2. The van der Waals surface area contributed by atoms with Crippen LogP contribution in [0.15, 0.2) is 54.6 Å². The molecule has 0 aromatic heterocycles. The third kappa shape index (κ3) is 4.08. The van der Waals surface area contributed by atoms with Gasteiger partial charge in [-0.2, -0.15) is 8.42 Å². The summed E-state index contributed by atoms with van der Waals surface area (Å²) in [7, 11) is -3.54. The molecule has 1 unspecified atom stereocenters. The maximum absolute atomic E-state index is 11.5. The fourth-order valence-electron chi connectivity index (χ4n) is 2.56. The molecular weight excluding hydrogens is 284 g/mol.